The maximum absolute atomic E-state index is 12.7. The molecule has 12 heteroatoms. The zero-order valence-corrected chi connectivity index (χ0v) is 20.8. The summed E-state index contributed by atoms with van der Waals surface area (Å²) in [4.78, 5) is 16.9. The van der Waals surface area contributed by atoms with E-state index < -0.39 is 12.4 Å². The van der Waals surface area contributed by atoms with Gasteiger partial charge in [-0.25, -0.2) is 19.1 Å². The van der Waals surface area contributed by atoms with Gasteiger partial charge in [0.25, 0.3) is 0 Å². The summed E-state index contributed by atoms with van der Waals surface area (Å²) < 4.78 is 44.1. The number of amides is 2. The number of rotatable bonds is 6. The Morgan fingerprint density at radius 1 is 0.923 bits per heavy atom. The van der Waals surface area contributed by atoms with Crippen molar-refractivity contribution in [3.8, 4) is 28.5 Å². The third-order valence-corrected chi connectivity index (χ3v) is 5.69. The number of carbonyl (C=O) groups excluding carboxylic acids is 1. The molecule has 39 heavy (non-hydrogen) atoms. The van der Waals surface area contributed by atoms with Crippen LogP contribution in [0.3, 0.4) is 0 Å². The lowest BCUT2D eigenvalue weighted by Crippen LogP contribution is -2.21. The largest absolute Gasteiger partial charge is 0.573 e. The Morgan fingerprint density at radius 3 is 2.36 bits per heavy atom. The second kappa shape index (κ2) is 10.3. The average Bonchev–Trinajstić information content (AvgIpc) is 3.54. The van der Waals surface area contributed by atoms with Crippen LogP contribution < -0.4 is 15.4 Å². The number of ether oxygens (including phenoxy) is 1. The minimum absolute atomic E-state index is 0.326. The molecule has 2 amide bonds. The van der Waals surface area contributed by atoms with E-state index in [2.05, 4.69) is 30.6 Å². The molecule has 0 aliphatic rings. The standard InChI is InChI=1S/C27H22F3N7O2/c1-17-3-12-23(18(2)15-17)37-24(13-14-32-37)34-26(38)33-20-6-4-19(5-7-20)25-31-16-36(35-25)21-8-10-22(11-9-21)39-27(28,29)30/h3-16H,1-2H3,(H2,33,34,38). The Morgan fingerprint density at radius 2 is 1.67 bits per heavy atom. The average molecular weight is 534 g/mol. The molecule has 5 aromatic rings. The maximum atomic E-state index is 12.7. The summed E-state index contributed by atoms with van der Waals surface area (Å²) >= 11 is 0. The number of halogens is 3. The number of aryl methyl sites for hydroxylation is 2. The first-order chi connectivity index (χ1) is 18.6. The zero-order chi connectivity index (χ0) is 27.6. The minimum Gasteiger partial charge on any atom is -0.406 e. The summed E-state index contributed by atoms with van der Waals surface area (Å²) in [7, 11) is 0. The highest BCUT2D eigenvalue weighted by molar-refractivity contribution is 5.99. The topological polar surface area (TPSA) is 98.9 Å². The molecule has 0 saturated carbocycles. The van der Waals surface area contributed by atoms with Gasteiger partial charge in [0, 0.05) is 17.3 Å². The fourth-order valence-corrected chi connectivity index (χ4v) is 3.93. The van der Waals surface area contributed by atoms with Gasteiger partial charge >= 0.3 is 12.4 Å². The van der Waals surface area contributed by atoms with Gasteiger partial charge in [0.15, 0.2) is 5.82 Å². The highest BCUT2D eigenvalue weighted by atomic mass is 19.4. The van der Waals surface area contributed by atoms with E-state index in [0.29, 0.717) is 28.6 Å². The first-order valence-electron chi connectivity index (χ1n) is 11.7. The van der Waals surface area contributed by atoms with Crippen LogP contribution in [-0.2, 0) is 0 Å². The molecule has 0 unspecified atom stereocenters. The van der Waals surface area contributed by atoms with Crippen LogP contribution in [0.2, 0.25) is 0 Å². The molecule has 0 aliphatic heterocycles. The first kappa shape index (κ1) is 25.5. The van der Waals surface area contributed by atoms with Crippen molar-refractivity contribution in [1.82, 2.24) is 24.5 Å². The van der Waals surface area contributed by atoms with Gasteiger partial charge < -0.3 is 10.1 Å². The molecule has 5 rings (SSSR count). The van der Waals surface area contributed by atoms with Crippen LogP contribution in [0.5, 0.6) is 5.75 Å². The number of hydrogen-bond acceptors (Lipinski definition) is 5. The SMILES string of the molecule is Cc1ccc(-n2nccc2NC(=O)Nc2ccc(-c3ncn(-c4ccc(OC(F)(F)F)cc4)n3)cc2)c(C)c1. The van der Waals surface area contributed by atoms with E-state index in [9.17, 15) is 18.0 Å². The van der Waals surface area contributed by atoms with Gasteiger partial charge in [-0.3, -0.25) is 5.32 Å². The normalized spacial score (nSPS) is 11.3. The van der Waals surface area contributed by atoms with E-state index >= 15 is 0 Å². The van der Waals surface area contributed by atoms with Gasteiger partial charge in [-0.2, -0.15) is 5.10 Å². The third kappa shape index (κ3) is 6.06. The summed E-state index contributed by atoms with van der Waals surface area (Å²) in [6.07, 6.45) is -1.69. The number of benzene rings is 3. The molecule has 2 N–H and O–H groups in total. The van der Waals surface area contributed by atoms with Crippen molar-refractivity contribution < 1.29 is 22.7 Å². The van der Waals surface area contributed by atoms with E-state index in [4.69, 9.17) is 0 Å². The summed E-state index contributed by atoms with van der Waals surface area (Å²) in [5.74, 6) is 0.594. The van der Waals surface area contributed by atoms with E-state index in [0.717, 1.165) is 16.8 Å². The molecule has 0 aliphatic carbocycles. The van der Waals surface area contributed by atoms with Crippen LogP contribution in [-0.4, -0.2) is 36.9 Å². The fraction of sp³-hybridized carbons (Fsp3) is 0.111. The summed E-state index contributed by atoms with van der Waals surface area (Å²) in [5, 5.41) is 14.3. The van der Waals surface area contributed by atoms with Gasteiger partial charge in [-0.1, -0.05) is 17.7 Å². The van der Waals surface area contributed by atoms with Crippen molar-refractivity contribution in [2.75, 3.05) is 10.6 Å². The predicted molar refractivity (Wildman–Crippen MR) is 139 cm³/mol. The Bertz CT molecular complexity index is 1610. The lowest BCUT2D eigenvalue weighted by atomic mass is 10.1. The Hall–Kier alpha value is -5.13. The lowest BCUT2D eigenvalue weighted by molar-refractivity contribution is -0.274. The van der Waals surface area contributed by atoms with Crippen molar-refractivity contribution in [2.24, 2.45) is 0 Å². The molecule has 0 bridgehead atoms. The second-order valence-corrected chi connectivity index (χ2v) is 8.63. The van der Waals surface area contributed by atoms with Crippen molar-refractivity contribution in [1.29, 1.82) is 0 Å². The van der Waals surface area contributed by atoms with Gasteiger partial charge in [0.1, 0.15) is 17.9 Å². The molecular formula is C27H22F3N7O2. The van der Waals surface area contributed by atoms with Crippen LogP contribution in [0.4, 0.5) is 29.5 Å². The van der Waals surface area contributed by atoms with Crippen LogP contribution in [0.25, 0.3) is 22.8 Å². The molecule has 198 valence electrons. The van der Waals surface area contributed by atoms with Crippen LogP contribution in [0, 0.1) is 13.8 Å². The summed E-state index contributed by atoms with van der Waals surface area (Å²) in [6, 6.07) is 19.4. The molecule has 0 radical (unpaired) electrons. The highest BCUT2D eigenvalue weighted by Gasteiger charge is 2.31. The molecule has 0 saturated heterocycles. The van der Waals surface area contributed by atoms with E-state index in [-0.39, 0.29) is 5.75 Å². The Kier molecular flexibility index (Phi) is 6.75. The second-order valence-electron chi connectivity index (χ2n) is 8.63. The fourth-order valence-electron chi connectivity index (χ4n) is 3.93. The molecule has 0 atom stereocenters. The third-order valence-electron chi connectivity index (χ3n) is 5.69. The molecule has 9 nitrogen and oxygen atoms in total. The summed E-state index contributed by atoms with van der Waals surface area (Å²) in [6.45, 7) is 3.99. The molecule has 2 aromatic heterocycles. The van der Waals surface area contributed by atoms with Gasteiger partial charge in [-0.05, 0) is 74.0 Å². The maximum Gasteiger partial charge on any atom is 0.573 e. The summed E-state index contributed by atoms with van der Waals surface area (Å²) in [5.41, 5.74) is 4.77. The first-order valence-corrected chi connectivity index (χ1v) is 11.7. The molecule has 0 fully saturated rings. The van der Waals surface area contributed by atoms with E-state index in [1.165, 1.54) is 35.3 Å². The Balaban J connectivity index is 1.23. The smallest absolute Gasteiger partial charge is 0.406 e. The number of nitrogens with one attached hydrogen (secondary N) is 2. The number of alkyl halides is 3. The molecular weight excluding hydrogens is 511 g/mol. The Labute approximate surface area is 220 Å². The number of aromatic nitrogens is 5. The van der Waals surface area contributed by atoms with Crippen molar-refractivity contribution >= 4 is 17.5 Å². The zero-order valence-electron chi connectivity index (χ0n) is 20.8. The van der Waals surface area contributed by atoms with Crippen molar-refractivity contribution in [2.45, 2.75) is 20.2 Å². The van der Waals surface area contributed by atoms with Crippen LogP contribution in [0.15, 0.2) is 85.3 Å². The highest BCUT2D eigenvalue weighted by Crippen LogP contribution is 2.25. The van der Waals surface area contributed by atoms with Crippen molar-refractivity contribution in [3.05, 3.63) is 96.4 Å². The van der Waals surface area contributed by atoms with Gasteiger partial charge in [-0.15, -0.1) is 18.3 Å². The van der Waals surface area contributed by atoms with E-state index in [1.54, 1.807) is 41.2 Å². The number of anilines is 2. The minimum atomic E-state index is -4.76. The molecule has 2 heterocycles. The van der Waals surface area contributed by atoms with E-state index in [1.807, 2.05) is 32.0 Å². The van der Waals surface area contributed by atoms with Crippen molar-refractivity contribution in [3.63, 3.8) is 0 Å². The van der Waals surface area contributed by atoms with Crippen LogP contribution in [0.1, 0.15) is 11.1 Å². The quantitative estimate of drug-likeness (QED) is 0.268. The number of hydrogen-bond donors (Lipinski definition) is 2. The molecule has 3 aromatic carbocycles. The monoisotopic (exact) mass is 533 g/mol. The molecule has 0 spiro atoms. The van der Waals surface area contributed by atoms with Crippen LogP contribution >= 0.6 is 0 Å². The van der Waals surface area contributed by atoms with Gasteiger partial charge in [0.2, 0.25) is 0 Å². The lowest BCUT2D eigenvalue weighted by Gasteiger charge is -2.12. The number of nitrogens with zero attached hydrogens (tertiary/aromatic N) is 5. The number of urea groups is 1. The van der Waals surface area contributed by atoms with Gasteiger partial charge in [0.05, 0.1) is 17.6 Å². The number of carbonyl (C=O) groups is 1. The predicted octanol–water partition coefficient (Wildman–Crippen LogP) is 6.28.